The van der Waals surface area contributed by atoms with Crippen molar-refractivity contribution in [3.8, 4) is 11.3 Å². The zero-order valence-corrected chi connectivity index (χ0v) is 9.24. The molecule has 1 atom stereocenters. The number of anilines is 1. The summed E-state index contributed by atoms with van der Waals surface area (Å²) < 4.78 is 26.5. The molecule has 0 aliphatic carbocycles. The monoisotopic (exact) mass is 248 g/mol. The number of alkyl halides is 1. The van der Waals surface area contributed by atoms with Crippen molar-refractivity contribution in [3.63, 3.8) is 0 Å². The van der Waals surface area contributed by atoms with E-state index in [2.05, 4.69) is 15.3 Å². The number of hydrogen-bond acceptors (Lipinski definition) is 3. The SMILES string of the molecule is NC1=NC(F)c2cc(-c3ccc(F)cc3)[nH]c2N1. The maximum absolute atomic E-state index is 13.6. The summed E-state index contributed by atoms with van der Waals surface area (Å²) in [4.78, 5) is 6.58. The molecule has 18 heavy (non-hydrogen) atoms. The summed E-state index contributed by atoms with van der Waals surface area (Å²) in [5.74, 6) is 0.195. The number of aromatic nitrogens is 1. The Morgan fingerprint density at radius 1 is 1.22 bits per heavy atom. The van der Waals surface area contributed by atoms with E-state index < -0.39 is 6.30 Å². The molecular weight excluding hydrogens is 238 g/mol. The fourth-order valence-corrected chi connectivity index (χ4v) is 1.90. The Morgan fingerprint density at radius 2 is 1.94 bits per heavy atom. The van der Waals surface area contributed by atoms with Gasteiger partial charge in [-0.15, -0.1) is 0 Å². The van der Waals surface area contributed by atoms with Gasteiger partial charge in [0.05, 0.1) is 5.56 Å². The van der Waals surface area contributed by atoms with Crippen LogP contribution in [0.3, 0.4) is 0 Å². The summed E-state index contributed by atoms with van der Waals surface area (Å²) >= 11 is 0. The molecule has 92 valence electrons. The van der Waals surface area contributed by atoms with Crippen LogP contribution in [-0.4, -0.2) is 10.9 Å². The number of nitrogens with one attached hydrogen (secondary N) is 2. The van der Waals surface area contributed by atoms with Crippen LogP contribution in [0.5, 0.6) is 0 Å². The minimum absolute atomic E-state index is 0.0301. The molecule has 1 aliphatic heterocycles. The van der Waals surface area contributed by atoms with Gasteiger partial charge in [-0.05, 0) is 35.9 Å². The lowest BCUT2D eigenvalue weighted by Gasteiger charge is -2.13. The zero-order valence-electron chi connectivity index (χ0n) is 9.24. The smallest absolute Gasteiger partial charge is 0.222 e. The summed E-state index contributed by atoms with van der Waals surface area (Å²) in [5.41, 5.74) is 7.27. The minimum Gasteiger partial charge on any atom is -0.370 e. The number of hydrogen-bond donors (Lipinski definition) is 3. The van der Waals surface area contributed by atoms with E-state index in [4.69, 9.17) is 5.73 Å². The van der Waals surface area contributed by atoms with Crippen molar-refractivity contribution in [1.82, 2.24) is 4.98 Å². The van der Waals surface area contributed by atoms with Crippen molar-refractivity contribution in [2.24, 2.45) is 10.7 Å². The molecule has 2 aromatic rings. The fraction of sp³-hybridized carbons (Fsp3) is 0.0833. The Hall–Kier alpha value is -2.37. The second-order valence-electron chi connectivity index (χ2n) is 4.00. The van der Waals surface area contributed by atoms with E-state index in [1.54, 1.807) is 18.2 Å². The van der Waals surface area contributed by atoms with Crippen LogP contribution in [0.1, 0.15) is 11.9 Å². The minimum atomic E-state index is -1.48. The van der Waals surface area contributed by atoms with E-state index in [-0.39, 0.29) is 11.8 Å². The van der Waals surface area contributed by atoms with E-state index in [9.17, 15) is 8.78 Å². The molecule has 0 saturated carbocycles. The first-order valence-electron chi connectivity index (χ1n) is 5.37. The van der Waals surface area contributed by atoms with Gasteiger partial charge in [0.1, 0.15) is 11.6 Å². The van der Waals surface area contributed by atoms with Gasteiger partial charge in [0.25, 0.3) is 0 Å². The van der Waals surface area contributed by atoms with E-state index in [1.807, 2.05) is 0 Å². The predicted molar refractivity (Wildman–Crippen MR) is 65.3 cm³/mol. The summed E-state index contributed by atoms with van der Waals surface area (Å²) in [6.45, 7) is 0. The normalized spacial score (nSPS) is 17.9. The molecule has 1 aromatic heterocycles. The molecule has 6 heteroatoms. The van der Waals surface area contributed by atoms with Crippen LogP contribution in [0.15, 0.2) is 35.3 Å². The molecule has 1 unspecified atom stereocenters. The van der Waals surface area contributed by atoms with E-state index in [1.165, 1.54) is 12.1 Å². The molecule has 0 fully saturated rings. The largest absolute Gasteiger partial charge is 0.370 e. The van der Waals surface area contributed by atoms with Crippen LogP contribution < -0.4 is 11.1 Å². The van der Waals surface area contributed by atoms with Crippen LogP contribution in [0.4, 0.5) is 14.6 Å². The molecule has 0 saturated heterocycles. The van der Waals surface area contributed by atoms with Gasteiger partial charge in [0, 0.05) is 5.69 Å². The molecule has 1 aromatic carbocycles. The molecule has 3 rings (SSSR count). The number of nitrogens with zero attached hydrogens (tertiary/aromatic N) is 1. The Morgan fingerprint density at radius 3 is 2.67 bits per heavy atom. The quantitative estimate of drug-likeness (QED) is 0.679. The molecule has 0 amide bonds. The lowest BCUT2D eigenvalue weighted by atomic mass is 10.1. The maximum atomic E-state index is 13.6. The van der Waals surface area contributed by atoms with Crippen molar-refractivity contribution in [2.75, 3.05) is 5.32 Å². The van der Waals surface area contributed by atoms with Gasteiger partial charge in [-0.3, -0.25) is 0 Å². The second-order valence-corrected chi connectivity index (χ2v) is 4.00. The van der Waals surface area contributed by atoms with E-state index >= 15 is 0 Å². The van der Waals surface area contributed by atoms with Crippen LogP contribution in [-0.2, 0) is 0 Å². The number of benzene rings is 1. The lowest BCUT2D eigenvalue weighted by molar-refractivity contribution is 0.357. The summed E-state index contributed by atoms with van der Waals surface area (Å²) in [6.07, 6.45) is -1.48. The first-order chi connectivity index (χ1) is 8.63. The second kappa shape index (κ2) is 3.83. The van der Waals surface area contributed by atoms with Crippen LogP contribution in [0.25, 0.3) is 11.3 Å². The van der Waals surface area contributed by atoms with Gasteiger partial charge < -0.3 is 16.0 Å². The summed E-state index contributed by atoms with van der Waals surface area (Å²) in [6, 6.07) is 7.56. The van der Waals surface area contributed by atoms with Crippen molar-refractivity contribution < 1.29 is 8.78 Å². The number of guanidine groups is 1. The average molecular weight is 248 g/mol. The molecule has 4 nitrogen and oxygen atoms in total. The molecule has 0 bridgehead atoms. The topological polar surface area (TPSA) is 66.2 Å². The zero-order chi connectivity index (χ0) is 12.7. The standard InChI is InChI=1S/C12H10F2N4/c13-7-3-1-6(2-4-7)9-5-8-10(14)17-12(15)18-11(8)16-9/h1-5,10,16H,(H3,15,17,18). The molecule has 2 heterocycles. The van der Waals surface area contributed by atoms with E-state index in [0.29, 0.717) is 17.1 Å². The van der Waals surface area contributed by atoms with Crippen molar-refractivity contribution >= 4 is 11.8 Å². The highest BCUT2D eigenvalue weighted by atomic mass is 19.1. The Bertz CT molecular complexity index is 616. The Kier molecular flexibility index (Phi) is 2.29. The molecule has 0 radical (unpaired) electrons. The van der Waals surface area contributed by atoms with Crippen molar-refractivity contribution in [1.29, 1.82) is 0 Å². The summed E-state index contributed by atoms with van der Waals surface area (Å²) in [5, 5.41) is 2.75. The third-order valence-electron chi connectivity index (χ3n) is 2.77. The highest BCUT2D eigenvalue weighted by Crippen LogP contribution is 2.34. The fourth-order valence-electron chi connectivity index (χ4n) is 1.90. The average Bonchev–Trinajstić information content (AvgIpc) is 2.74. The van der Waals surface area contributed by atoms with Crippen LogP contribution in [0, 0.1) is 5.82 Å². The van der Waals surface area contributed by atoms with Gasteiger partial charge in [-0.25, -0.2) is 13.8 Å². The third kappa shape index (κ3) is 1.71. The number of nitrogens with two attached hydrogens (primary N) is 1. The number of halogens is 2. The van der Waals surface area contributed by atoms with Gasteiger partial charge >= 0.3 is 0 Å². The van der Waals surface area contributed by atoms with Crippen LogP contribution >= 0.6 is 0 Å². The van der Waals surface area contributed by atoms with Crippen LogP contribution in [0.2, 0.25) is 0 Å². The predicted octanol–water partition coefficient (Wildman–Crippen LogP) is 2.53. The highest BCUT2D eigenvalue weighted by molar-refractivity contribution is 5.94. The highest BCUT2D eigenvalue weighted by Gasteiger charge is 2.22. The maximum Gasteiger partial charge on any atom is 0.222 e. The van der Waals surface area contributed by atoms with Gasteiger partial charge in [0.2, 0.25) is 6.30 Å². The van der Waals surface area contributed by atoms with Crippen molar-refractivity contribution in [2.45, 2.75) is 6.30 Å². The lowest BCUT2D eigenvalue weighted by Crippen LogP contribution is -2.26. The van der Waals surface area contributed by atoms with Gasteiger partial charge in [0.15, 0.2) is 5.96 Å². The molecule has 0 spiro atoms. The molecule has 1 aliphatic rings. The first kappa shape index (κ1) is 10.8. The van der Waals surface area contributed by atoms with E-state index in [0.717, 1.165) is 5.56 Å². The number of rotatable bonds is 1. The number of aliphatic imine (C=N–C) groups is 1. The third-order valence-corrected chi connectivity index (χ3v) is 2.77. The van der Waals surface area contributed by atoms with Gasteiger partial charge in [-0.1, -0.05) is 0 Å². The number of H-pyrrole nitrogens is 1. The summed E-state index contributed by atoms with van der Waals surface area (Å²) in [7, 11) is 0. The van der Waals surface area contributed by atoms with Gasteiger partial charge in [-0.2, -0.15) is 0 Å². The number of aromatic amines is 1. The molecule has 4 N–H and O–H groups in total. The Balaban J connectivity index is 2.02. The van der Waals surface area contributed by atoms with Crippen molar-refractivity contribution in [3.05, 3.63) is 41.7 Å². The Labute approximate surface area is 102 Å². The number of fused-ring (bicyclic) bond motifs is 1. The first-order valence-corrected chi connectivity index (χ1v) is 5.37. The molecular formula is C12H10F2N4.